The Labute approximate surface area is 201 Å². The highest BCUT2D eigenvalue weighted by Crippen LogP contribution is 2.54. The van der Waals surface area contributed by atoms with Crippen molar-refractivity contribution in [2.24, 2.45) is 20.8 Å². The van der Waals surface area contributed by atoms with E-state index >= 15 is 0 Å². The van der Waals surface area contributed by atoms with Crippen LogP contribution < -0.4 is 10.2 Å². The second kappa shape index (κ2) is 16.5. The molecule has 34 heavy (non-hydrogen) atoms. The first-order valence-corrected chi connectivity index (χ1v) is 11.9. The van der Waals surface area contributed by atoms with Crippen molar-refractivity contribution in [3.8, 4) is 0 Å². The normalized spacial score (nSPS) is 21.9. The molecule has 1 rings (SSSR count). The van der Waals surface area contributed by atoms with Crippen molar-refractivity contribution >= 4 is 24.1 Å². The second-order valence-corrected chi connectivity index (χ2v) is 8.58. The maximum absolute atomic E-state index is 12.4. The Hall–Kier alpha value is -3.08. The van der Waals surface area contributed by atoms with Gasteiger partial charge in [-0.15, -0.1) is 0 Å². The summed E-state index contributed by atoms with van der Waals surface area (Å²) in [6.07, 6.45) is 20.1. The molecule has 0 N–H and O–H groups in total. The van der Waals surface area contributed by atoms with Gasteiger partial charge in [-0.25, -0.2) is 19.6 Å². The lowest BCUT2D eigenvalue weighted by atomic mass is 9.54. The second-order valence-electron chi connectivity index (χ2n) is 8.58. The molecule has 0 aliphatic heterocycles. The number of hydrogen-bond acceptors (Lipinski definition) is 8. The Morgan fingerprint density at radius 1 is 0.706 bits per heavy atom. The van der Waals surface area contributed by atoms with Gasteiger partial charge in [-0.3, -0.25) is 0 Å². The lowest BCUT2D eigenvalue weighted by Gasteiger charge is -2.54. The Kier molecular flexibility index (Phi) is 14.1. The molecule has 186 valence electrons. The number of unbranched alkanes of at least 4 members (excludes halogenated alkanes) is 4. The summed E-state index contributed by atoms with van der Waals surface area (Å²) in [7, 11) is 0. The van der Waals surface area contributed by atoms with Crippen LogP contribution in [-0.4, -0.2) is 37.2 Å². The van der Waals surface area contributed by atoms with E-state index in [-0.39, 0.29) is 25.7 Å². The molecule has 0 fully saturated rings. The van der Waals surface area contributed by atoms with Gasteiger partial charge in [0.2, 0.25) is 12.2 Å². The van der Waals surface area contributed by atoms with Crippen molar-refractivity contribution in [2.45, 2.75) is 77.0 Å². The van der Waals surface area contributed by atoms with Gasteiger partial charge in [-0.1, -0.05) is 36.5 Å². The molecule has 0 amide bonds. The van der Waals surface area contributed by atoms with E-state index < -0.39 is 22.8 Å². The molecular formula is C26H34N2O6-2. The molecule has 0 radical (unpaired) electrons. The minimum Gasteiger partial charge on any atom is -0.550 e. The first-order chi connectivity index (χ1) is 16.5. The van der Waals surface area contributed by atoms with Crippen molar-refractivity contribution in [3.05, 3.63) is 36.5 Å². The maximum atomic E-state index is 12.4. The molecule has 2 unspecified atom stereocenters. The third-order valence-electron chi connectivity index (χ3n) is 6.49. The first-order valence-electron chi connectivity index (χ1n) is 11.9. The Morgan fingerprint density at radius 2 is 1.06 bits per heavy atom. The van der Waals surface area contributed by atoms with Crippen LogP contribution in [0, 0.1) is 10.8 Å². The van der Waals surface area contributed by atoms with E-state index in [2.05, 4.69) is 9.98 Å². The number of hydrogen-bond donors (Lipinski definition) is 0. The van der Waals surface area contributed by atoms with Crippen LogP contribution in [0.2, 0.25) is 0 Å². The number of nitrogens with zero attached hydrogens (tertiary/aromatic N) is 2. The Bertz CT molecular complexity index is 768. The molecule has 0 bridgehead atoms. The summed E-state index contributed by atoms with van der Waals surface area (Å²) in [4.78, 5) is 51.8. The molecule has 0 aromatic carbocycles. The highest BCUT2D eigenvalue weighted by atomic mass is 16.4. The fourth-order valence-corrected chi connectivity index (χ4v) is 4.59. The molecular weight excluding hydrogens is 436 g/mol. The van der Waals surface area contributed by atoms with Crippen LogP contribution in [-0.2, 0) is 19.2 Å². The average molecular weight is 471 g/mol. The van der Waals surface area contributed by atoms with Crippen LogP contribution in [0.1, 0.15) is 77.0 Å². The summed E-state index contributed by atoms with van der Waals surface area (Å²) in [5.74, 6) is -2.66. The van der Waals surface area contributed by atoms with Gasteiger partial charge in [0.25, 0.3) is 0 Å². The Balaban J connectivity index is 2.76. The third kappa shape index (κ3) is 8.69. The average Bonchev–Trinajstić information content (AvgIpc) is 2.82. The molecule has 1 aliphatic rings. The molecule has 0 heterocycles. The number of rotatable bonds is 18. The van der Waals surface area contributed by atoms with Crippen molar-refractivity contribution in [2.75, 3.05) is 13.1 Å². The summed E-state index contributed by atoms with van der Waals surface area (Å²) >= 11 is 0. The molecule has 1 aliphatic carbocycles. The molecule has 0 spiro atoms. The summed E-state index contributed by atoms with van der Waals surface area (Å²) in [5, 5.41) is 24.8. The highest BCUT2D eigenvalue weighted by molar-refractivity contribution is 5.85. The zero-order chi connectivity index (χ0) is 25.1. The zero-order valence-corrected chi connectivity index (χ0v) is 19.7. The first kappa shape index (κ1) is 29.0. The van der Waals surface area contributed by atoms with Crippen molar-refractivity contribution in [3.63, 3.8) is 0 Å². The van der Waals surface area contributed by atoms with Crippen molar-refractivity contribution in [1.29, 1.82) is 0 Å². The maximum Gasteiger partial charge on any atom is 0.234 e. The smallest absolute Gasteiger partial charge is 0.234 e. The van der Waals surface area contributed by atoms with E-state index in [0.29, 0.717) is 38.8 Å². The van der Waals surface area contributed by atoms with Crippen molar-refractivity contribution in [1.82, 2.24) is 0 Å². The molecule has 0 aromatic heterocycles. The van der Waals surface area contributed by atoms with E-state index in [1.165, 1.54) is 12.2 Å². The lowest BCUT2D eigenvalue weighted by Crippen LogP contribution is -2.61. The predicted molar refractivity (Wildman–Crippen MR) is 124 cm³/mol. The quantitative estimate of drug-likeness (QED) is 0.130. The van der Waals surface area contributed by atoms with Crippen LogP contribution in [0.15, 0.2) is 46.4 Å². The largest absolute Gasteiger partial charge is 0.550 e. The van der Waals surface area contributed by atoms with E-state index in [9.17, 15) is 29.4 Å². The number of allylic oxidation sites excluding steroid dienone is 6. The van der Waals surface area contributed by atoms with Crippen LogP contribution in [0.25, 0.3) is 0 Å². The fraction of sp³-hybridized carbons (Fsp3) is 0.615. The molecule has 8 nitrogen and oxygen atoms in total. The lowest BCUT2D eigenvalue weighted by molar-refractivity contribution is -0.347. The Morgan fingerprint density at radius 3 is 1.38 bits per heavy atom. The minimum absolute atomic E-state index is 0.115. The summed E-state index contributed by atoms with van der Waals surface area (Å²) < 4.78 is 0. The zero-order valence-electron chi connectivity index (χ0n) is 19.7. The number of carbonyl (C=O) groups is 2. The van der Waals surface area contributed by atoms with Gasteiger partial charge in [-0.2, -0.15) is 0 Å². The summed E-state index contributed by atoms with van der Waals surface area (Å²) in [5.41, 5.74) is -3.02. The van der Waals surface area contributed by atoms with Gasteiger partial charge in [0.1, 0.15) is 0 Å². The summed E-state index contributed by atoms with van der Waals surface area (Å²) in [6, 6.07) is 0. The van der Waals surface area contributed by atoms with Gasteiger partial charge in [-0.05, 0) is 77.0 Å². The van der Waals surface area contributed by atoms with Gasteiger partial charge < -0.3 is 19.8 Å². The number of isocyanates is 2. The number of carbonyl (C=O) groups excluding carboxylic acids is 4. The minimum atomic E-state index is -1.51. The van der Waals surface area contributed by atoms with Gasteiger partial charge in [0, 0.05) is 22.8 Å². The fourth-order valence-electron chi connectivity index (χ4n) is 4.59. The predicted octanol–water partition coefficient (Wildman–Crippen LogP) is 2.49. The van der Waals surface area contributed by atoms with Crippen molar-refractivity contribution < 1.29 is 29.4 Å². The highest BCUT2D eigenvalue weighted by Gasteiger charge is 2.52. The van der Waals surface area contributed by atoms with E-state index in [1.807, 2.05) is 24.3 Å². The monoisotopic (exact) mass is 470 g/mol. The molecule has 0 saturated carbocycles. The number of carboxylic acids is 2. The van der Waals surface area contributed by atoms with E-state index in [4.69, 9.17) is 0 Å². The van der Waals surface area contributed by atoms with Gasteiger partial charge in [0.05, 0.1) is 13.1 Å². The molecule has 8 heteroatoms. The van der Waals surface area contributed by atoms with Crippen LogP contribution in [0.5, 0.6) is 0 Å². The van der Waals surface area contributed by atoms with Crippen LogP contribution in [0.4, 0.5) is 0 Å². The van der Waals surface area contributed by atoms with Gasteiger partial charge in [0.15, 0.2) is 0 Å². The molecule has 0 saturated heterocycles. The van der Waals surface area contributed by atoms with E-state index in [0.717, 1.165) is 25.7 Å². The number of carboxylic acid groups (broad SMARTS) is 2. The third-order valence-corrected chi connectivity index (χ3v) is 6.49. The number of aliphatic imine (C=N–C) groups is 2. The topological polar surface area (TPSA) is 139 Å². The van der Waals surface area contributed by atoms with Crippen LogP contribution >= 0.6 is 0 Å². The molecule has 2 atom stereocenters. The number of aliphatic carboxylic acids is 2. The van der Waals surface area contributed by atoms with Gasteiger partial charge >= 0.3 is 0 Å². The SMILES string of the molecule is O=C=NCCC/C=C/CCCC1(C(=O)[O-])CC=CCC1(CCC/C=C/CCCN=C=O)C(=O)[O-]. The van der Waals surface area contributed by atoms with E-state index in [1.54, 1.807) is 12.2 Å². The molecule has 0 aromatic rings. The van der Waals surface area contributed by atoms with Crippen LogP contribution in [0.3, 0.4) is 0 Å². The summed E-state index contributed by atoms with van der Waals surface area (Å²) in [6.45, 7) is 0.845. The standard InChI is InChI=1S/C26H36N2O6/c29-21-27-19-13-7-3-1-5-9-15-25(23(31)32)17-11-12-18-26(25,24(33)34)16-10-6-2-4-8-14-20-28-22-30/h1-4,11-12H,5-10,13-20H2,(H,31,32)(H,33,34)/p-2/b3-1+,4-2+.